The Hall–Kier alpha value is -3.39. The smallest absolute Gasteiger partial charge is 0.251 e. The Morgan fingerprint density at radius 2 is 1.54 bits per heavy atom. The van der Waals surface area contributed by atoms with Crippen LogP contribution in [0.2, 0.25) is 0 Å². The van der Waals surface area contributed by atoms with Crippen molar-refractivity contribution in [3.63, 3.8) is 0 Å². The number of amides is 1. The molecule has 0 saturated carbocycles. The molecule has 0 aliphatic heterocycles. The SMILES string of the molecule is CC(C)(C)c1ccc(OCCNC(=O)c2ccc(N(Cc3ccc(F)cc3)S(C)(=O)=O)cc2)cc1. The van der Waals surface area contributed by atoms with Gasteiger partial charge in [-0.25, -0.2) is 12.8 Å². The zero-order valence-corrected chi connectivity index (χ0v) is 21.2. The van der Waals surface area contributed by atoms with E-state index in [0.29, 0.717) is 30.0 Å². The van der Waals surface area contributed by atoms with Crippen LogP contribution in [-0.2, 0) is 22.0 Å². The topological polar surface area (TPSA) is 75.7 Å². The van der Waals surface area contributed by atoms with E-state index in [1.54, 1.807) is 24.3 Å². The van der Waals surface area contributed by atoms with Gasteiger partial charge in [0.05, 0.1) is 25.0 Å². The molecule has 0 aliphatic carbocycles. The number of anilines is 1. The van der Waals surface area contributed by atoms with Crippen LogP contribution in [0.5, 0.6) is 5.75 Å². The Bertz CT molecular complexity index is 1230. The van der Waals surface area contributed by atoms with E-state index in [0.717, 1.165) is 12.0 Å². The molecule has 0 aliphatic rings. The van der Waals surface area contributed by atoms with Crippen LogP contribution in [-0.4, -0.2) is 33.7 Å². The average Bonchev–Trinajstić information content (AvgIpc) is 2.80. The lowest BCUT2D eigenvalue weighted by atomic mass is 9.87. The van der Waals surface area contributed by atoms with E-state index in [1.165, 1.54) is 34.1 Å². The van der Waals surface area contributed by atoms with Gasteiger partial charge in [0.1, 0.15) is 18.2 Å². The molecule has 3 aromatic rings. The first-order chi connectivity index (χ1) is 16.4. The molecule has 0 atom stereocenters. The van der Waals surface area contributed by atoms with Crippen molar-refractivity contribution in [1.82, 2.24) is 5.32 Å². The minimum atomic E-state index is -3.59. The number of hydrogen-bond acceptors (Lipinski definition) is 4. The molecule has 0 bridgehead atoms. The van der Waals surface area contributed by atoms with Crippen molar-refractivity contribution in [3.05, 3.63) is 95.3 Å². The molecule has 0 spiro atoms. The molecule has 0 unspecified atom stereocenters. The standard InChI is InChI=1S/C27H31FN2O4S/c1-27(2,3)22-9-15-25(16-10-22)34-18-17-29-26(31)21-7-13-24(14-8-21)30(35(4,32)33)19-20-5-11-23(28)12-6-20/h5-16H,17-19H2,1-4H3,(H,29,31). The second-order valence-corrected chi connectivity index (χ2v) is 11.2. The van der Waals surface area contributed by atoms with E-state index in [2.05, 4.69) is 26.1 Å². The van der Waals surface area contributed by atoms with Crippen molar-refractivity contribution in [1.29, 1.82) is 0 Å². The number of carbonyl (C=O) groups excluding carboxylic acids is 1. The van der Waals surface area contributed by atoms with Crippen molar-refractivity contribution in [2.75, 3.05) is 23.7 Å². The van der Waals surface area contributed by atoms with E-state index >= 15 is 0 Å². The van der Waals surface area contributed by atoms with Crippen LogP contribution in [0.3, 0.4) is 0 Å². The van der Waals surface area contributed by atoms with E-state index in [-0.39, 0.29) is 23.7 Å². The normalized spacial score (nSPS) is 11.7. The third-order valence-corrected chi connectivity index (χ3v) is 6.57. The molecule has 35 heavy (non-hydrogen) atoms. The molecule has 3 rings (SSSR count). The minimum Gasteiger partial charge on any atom is -0.492 e. The van der Waals surface area contributed by atoms with E-state index in [1.807, 2.05) is 24.3 Å². The van der Waals surface area contributed by atoms with Gasteiger partial charge in [0.15, 0.2) is 0 Å². The average molecular weight is 499 g/mol. The predicted molar refractivity (Wildman–Crippen MR) is 137 cm³/mol. The van der Waals surface area contributed by atoms with Gasteiger partial charge in [0.25, 0.3) is 5.91 Å². The van der Waals surface area contributed by atoms with Crippen molar-refractivity contribution in [3.8, 4) is 5.75 Å². The zero-order chi connectivity index (χ0) is 25.6. The molecule has 8 heteroatoms. The fourth-order valence-corrected chi connectivity index (χ4v) is 4.31. The van der Waals surface area contributed by atoms with Gasteiger partial charge in [-0.15, -0.1) is 0 Å². The highest BCUT2D eigenvalue weighted by atomic mass is 32.2. The first-order valence-corrected chi connectivity index (χ1v) is 13.1. The summed E-state index contributed by atoms with van der Waals surface area (Å²) in [5.41, 5.74) is 2.75. The van der Waals surface area contributed by atoms with Gasteiger partial charge >= 0.3 is 0 Å². The Morgan fingerprint density at radius 3 is 2.09 bits per heavy atom. The van der Waals surface area contributed by atoms with Crippen LogP contribution in [0.1, 0.15) is 42.3 Å². The molecule has 6 nitrogen and oxygen atoms in total. The van der Waals surface area contributed by atoms with Gasteiger partial charge in [0, 0.05) is 5.56 Å². The van der Waals surface area contributed by atoms with Crippen LogP contribution in [0, 0.1) is 5.82 Å². The molecule has 0 heterocycles. The van der Waals surface area contributed by atoms with Gasteiger partial charge in [-0.2, -0.15) is 0 Å². The summed E-state index contributed by atoms with van der Waals surface area (Å²) in [6, 6.07) is 19.8. The lowest BCUT2D eigenvalue weighted by Crippen LogP contribution is -2.30. The summed E-state index contributed by atoms with van der Waals surface area (Å²) < 4.78 is 44.8. The van der Waals surface area contributed by atoms with E-state index < -0.39 is 10.0 Å². The highest BCUT2D eigenvalue weighted by Gasteiger charge is 2.18. The van der Waals surface area contributed by atoms with Crippen LogP contribution in [0.4, 0.5) is 10.1 Å². The van der Waals surface area contributed by atoms with Crippen molar-refractivity contribution in [2.24, 2.45) is 0 Å². The third-order valence-electron chi connectivity index (χ3n) is 5.43. The molecule has 0 fully saturated rings. The molecule has 0 aromatic heterocycles. The number of rotatable bonds is 9. The van der Waals surface area contributed by atoms with Gasteiger partial charge in [0.2, 0.25) is 10.0 Å². The first-order valence-electron chi connectivity index (χ1n) is 11.3. The Balaban J connectivity index is 1.55. The fourth-order valence-electron chi connectivity index (χ4n) is 3.42. The summed E-state index contributed by atoms with van der Waals surface area (Å²) >= 11 is 0. The number of ether oxygens (including phenoxy) is 1. The second kappa shape index (κ2) is 10.9. The van der Waals surface area contributed by atoms with Crippen molar-refractivity contribution < 1.29 is 22.3 Å². The largest absolute Gasteiger partial charge is 0.492 e. The molecule has 0 saturated heterocycles. The molecule has 3 aromatic carbocycles. The number of carbonyl (C=O) groups is 1. The summed E-state index contributed by atoms with van der Waals surface area (Å²) in [5, 5.41) is 2.80. The highest BCUT2D eigenvalue weighted by Crippen LogP contribution is 2.24. The Labute approximate surface area is 206 Å². The molecule has 186 valence electrons. The maximum absolute atomic E-state index is 13.2. The van der Waals surface area contributed by atoms with Gasteiger partial charge in [-0.1, -0.05) is 45.0 Å². The molecule has 1 amide bonds. The van der Waals surface area contributed by atoms with Gasteiger partial charge in [-0.3, -0.25) is 9.10 Å². The minimum absolute atomic E-state index is 0.0543. The fraction of sp³-hybridized carbons (Fsp3) is 0.296. The lowest BCUT2D eigenvalue weighted by molar-refractivity contribution is 0.0947. The quantitative estimate of drug-likeness (QED) is 0.426. The van der Waals surface area contributed by atoms with Crippen LogP contribution in [0.25, 0.3) is 0 Å². The van der Waals surface area contributed by atoms with Crippen LogP contribution < -0.4 is 14.4 Å². The first kappa shape index (κ1) is 26.2. The third kappa shape index (κ3) is 7.55. The number of sulfonamides is 1. The molecule has 1 N–H and O–H groups in total. The maximum atomic E-state index is 13.2. The number of nitrogens with one attached hydrogen (secondary N) is 1. The van der Waals surface area contributed by atoms with E-state index in [9.17, 15) is 17.6 Å². The summed E-state index contributed by atoms with van der Waals surface area (Å²) in [4.78, 5) is 12.5. The summed E-state index contributed by atoms with van der Waals surface area (Å²) in [5.74, 6) is 0.0603. The summed E-state index contributed by atoms with van der Waals surface area (Å²) in [7, 11) is -3.59. The number of nitrogens with zero attached hydrogens (tertiary/aromatic N) is 1. The molecular formula is C27H31FN2O4S. The second-order valence-electron chi connectivity index (χ2n) is 9.32. The maximum Gasteiger partial charge on any atom is 0.251 e. The number of halogens is 1. The van der Waals surface area contributed by atoms with Crippen LogP contribution >= 0.6 is 0 Å². The van der Waals surface area contributed by atoms with Crippen LogP contribution in [0.15, 0.2) is 72.8 Å². The van der Waals surface area contributed by atoms with Crippen molar-refractivity contribution >= 4 is 21.6 Å². The van der Waals surface area contributed by atoms with E-state index in [4.69, 9.17) is 4.74 Å². The lowest BCUT2D eigenvalue weighted by Gasteiger charge is -2.22. The number of benzene rings is 3. The predicted octanol–water partition coefficient (Wildman–Crippen LogP) is 4.90. The zero-order valence-electron chi connectivity index (χ0n) is 20.4. The monoisotopic (exact) mass is 498 g/mol. The molecule has 0 radical (unpaired) electrons. The Morgan fingerprint density at radius 1 is 0.943 bits per heavy atom. The van der Waals surface area contributed by atoms with Gasteiger partial charge in [-0.05, 0) is 65.1 Å². The Kier molecular flexibility index (Phi) is 8.17. The number of hydrogen-bond donors (Lipinski definition) is 1. The van der Waals surface area contributed by atoms with Crippen molar-refractivity contribution in [2.45, 2.75) is 32.7 Å². The molecular weight excluding hydrogens is 467 g/mol. The summed E-state index contributed by atoms with van der Waals surface area (Å²) in [6.45, 7) is 7.14. The highest BCUT2D eigenvalue weighted by molar-refractivity contribution is 7.92. The van der Waals surface area contributed by atoms with Gasteiger partial charge < -0.3 is 10.1 Å². The summed E-state index contributed by atoms with van der Waals surface area (Å²) in [6.07, 6.45) is 1.10.